The molecule has 0 saturated heterocycles. The molecular weight excluding hydrogens is 418 g/mol. The topological polar surface area (TPSA) is 112 Å². The average molecular weight is 437 g/mol. The van der Waals surface area contributed by atoms with Crippen molar-refractivity contribution in [2.75, 3.05) is 6.61 Å². The van der Waals surface area contributed by atoms with E-state index in [9.17, 15) is 9.59 Å². The van der Waals surface area contributed by atoms with Crippen LogP contribution in [-0.2, 0) is 9.53 Å². The van der Waals surface area contributed by atoms with Crippen molar-refractivity contribution in [3.63, 3.8) is 0 Å². The molecule has 0 saturated carbocycles. The Hall–Kier alpha value is -4.59. The third-order valence-corrected chi connectivity index (χ3v) is 5.26. The van der Waals surface area contributed by atoms with Gasteiger partial charge in [-0.2, -0.15) is 5.10 Å². The molecule has 0 radical (unpaired) electrons. The van der Waals surface area contributed by atoms with Crippen LogP contribution < -0.4 is 5.73 Å². The zero-order valence-corrected chi connectivity index (χ0v) is 17.7. The highest BCUT2D eigenvalue weighted by molar-refractivity contribution is 6.05. The van der Waals surface area contributed by atoms with Crippen molar-refractivity contribution in [2.45, 2.75) is 6.92 Å². The van der Waals surface area contributed by atoms with E-state index >= 15 is 0 Å². The highest BCUT2D eigenvalue weighted by Gasteiger charge is 2.20. The Morgan fingerprint density at radius 2 is 1.94 bits per heavy atom. The molecule has 0 spiro atoms. The molecule has 0 aliphatic carbocycles. The number of rotatable bonds is 5. The number of fused-ring (bicyclic) bond motifs is 2. The second-order valence-electron chi connectivity index (χ2n) is 7.55. The molecule has 1 aromatic carbocycles. The minimum atomic E-state index is -0.713. The monoisotopic (exact) mass is 437 g/mol. The number of carbonyl (C=O) groups excluding carboxylic acids is 2. The summed E-state index contributed by atoms with van der Waals surface area (Å²) in [6.45, 7) is 1.47. The summed E-state index contributed by atoms with van der Waals surface area (Å²) in [5.41, 5.74) is 11.1. The normalized spacial score (nSPS) is 11.1. The summed E-state index contributed by atoms with van der Waals surface area (Å²) in [7, 11) is 0. The molecule has 8 heteroatoms. The standard InChI is InChI=1S/C25H19N5O3/c1-15-5-4-6-19(28-15)24-23(21-7-2-3-12-30(21)29-24)18-10-11-27-20-13-16(8-9-17(18)20)25(32)33-14-22(26)31/h2-13H,14H2,1H3,(H2,26,31). The van der Waals surface area contributed by atoms with Crippen LogP contribution in [0.5, 0.6) is 0 Å². The highest BCUT2D eigenvalue weighted by atomic mass is 16.5. The van der Waals surface area contributed by atoms with Crippen molar-refractivity contribution in [3.05, 3.63) is 84.3 Å². The van der Waals surface area contributed by atoms with Gasteiger partial charge < -0.3 is 10.5 Å². The van der Waals surface area contributed by atoms with Crippen LogP contribution >= 0.6 is 0 Å². The summed E-state index contributed by atoms with van der Waals surface area (Å²) < 4.78 is 6.75. The number of benzene rings is 1. The van der Waals surface area contributed by atoms with Crippen LogP contribution in [0.3, 0.4) is 0 Å². The number of amides is 1. The van der Waals surface area contributed by atoms with Gasteiger partial charge >= 0.3 is 5.97 Å². The largest absolute Gasteiger partial charge is 0.452 e. The van der Waals surface area contributed by atoms with Gasteiger partial charge in [0.2, 0.25) is 0 Å². The quantitative estimate of drug-likeness (QED) is 0.421. The van der Waals surface area contributed by atoms with Crippen molar-refractivity contribution in [1.29, 1.82) is 0 Å². The molecule has 162 valence electrons. The molecule has 0 bridgehead atoms. The minimum Gasteiger partial charge on any atom is -0.452 e. The smallest absolute Gasteiger partial charge is 0.338 e. The van der Waals surface area contributed by atoms with Crippen LogP contribution in [-0.4, -0.2) is 38.1 Å². The van der Waals surface area contributed by atoms with Crippen LogP contribution in [0.4, 0.5) is 0 Å². The highest BCUT2D eigenvalue weighted by Crippen LogP contribution is 2.38. The lowest BCUT2D eigenvalue weighted by Gasteiger charge is -2.09. The molecule has 4 heterocycles. The Labute approximate surface area is 188 Å². The molecule has 0 fully saturated rings. The van der Waals surface area contributed by atoms with Gasteiger partial charge in [-0.1, -0.05) is 18.2 Å². The number of aryl methyl sites for hydroxylation is 1. The number of hydrogen-bond donors (Lipinski definition) is 1. The molecule has 8 nitrogen and oxygen atoms in total. The van der Waals surface area contributed by atoms with E-state index in [4.69, 9.17) is 15.6 Å². The van der Waals surface area contributed by atoms with Gasteiger partial charge in [0.1, 0.15) is 5.69 Å². The number of nitrogens with two attached hydrogens (primary N) is 1. The van der Waals surface area contributed by atoms with E-state index in [1.165, 1.54) is 0 Å². The lowest BCUT2D eigenvalue weighted by molar-refractivity contribution is -0.121. The third-order valence-electron chi connectivity index (χ3n) is 5.26. The van der Waals surface area contributed by atoms with Gasteiger partial charge in [-0.15, -0.1) is 0 Å². The lowest BCUT2D eigenvalue weighted by Crippen LogP contribution is -2.20. The molecule has 5 rings (SSSR count). The van der Waals surface area contributed by atoms with Crippen molar-refractivity contribution in [1.82, 2.24) is 19.6 Å². The number of primary amides is 1. The number of hydrogen-bond acceptors (Lipinski definition) is 6. The summed E-state index contributed by atoms with van der Waals surface area (Å²) in [5, 5.41) is 5.65. The molecule has 2 N–H and O–H groups in total. The number of aromatic nitrogens is 4. The van der Waals surface area contributed by atoms with E-state index in [1.807, 2.05) is 66.2 Å². The predicted octanol–water partition coefficient (Wildman–Crippen LogP) is 3.56. The van der Waals surface area contributed by atoms with E-state index in [2.05, 4.69) is 9.97 Å². The first-order valence-electron chi connectivity index (χ1n) is 10.3. The summed E-state index contributed by atoms with van der Waals surface area (Å²) in [6, 6.07) is 18.8. The SMILES string of the molecule is Cc1cccc(-c2nn3ccccc3c2-c2ccnc3cc(C(=O)OCC(N)=O)ccc23)n1. The van der Waals surface area contributed by atoms with E-state index in [0.29, 0.717) is 5.52 Å². The summed E-state index contributed by atoms with van der Waals surface area (Å²) in [4.78, 5) is 32.3. The molecule has 4 aromatic heterocycles. The Balaban J connectivity index is 1.69. The molecule has 0 unspecified atom stereocenters. The van der Waals surface area contributed by atoms with Gasteiger partial charge in [-0.25, -0.2) is 9.31 Å². The Morgan fingerprint density at radius 1 is 1.06 bits per heavy atom. The van der Waals surface area contributed by atoms with Gasteiger partial charge in [0.15, 0.2) is 6.61 Å². The third kappa shape index (κ3) is 3.78. The number of nitrogens with zero attached hydrogens (tertiary/aromatic N) is 4. The minimum absolute atomic E-state index is 0.286. The van der Waals surface area contributed by atoms with Gasteiger partial charge in [-0.05, 0) is 55.0 Å². The molecule has 33 heavy (non-hydrogen) atoms. The van der Waals surface area contributed by atoms with Crippen LogP contribution in [0, 0.1) is 6.92 Å². The molecule has 0 aliphatic rings. The Morgan fingerprint density at radius 3 is 2.76 bits per heavy atom. The number of pyridine rings is 3. The predicted molar refractivity (Wildman–Crippen MR) is 123 cm³/mol. The van der Waals surface area contributed by atoms with E-state index in [0.717, 1.165) is 39.1 Å². The fraction of sp³-hybridized carbons (Fsp3) is 0.0800. The van der Waals surface area contributed by atoms with E-state index in [-0.39, 0.29) is 5.56 Å². The Kier molecular flexibility index (Phi) is 5.02. The molecular formula is C25H19N5O3. The van der Waals surface area contributed by atoms with E-state index < -0.39 is 18.5 Å². The zero-order valence-electron chi connectivity index (χ0n) is 17.7. The van der Waals surface area contributed by atoms with E-state index in [1.54, 1.807) is 18.3 Å². The summed E-state index contributed by atoms with van der Waals surface area (Å²) in [5.74, 6) is -1.35. The first-order chi connectivity index (χ1) is 16.0. The first-order valence-corrected chi connectivity index (χ1v) is 10.3. The maximum absolute atomic E-state index is 12.3. The van der Waals surface area contributed by atoms with Crippen LogP contribution in [0.1, 0.15) is 16.1 Å². The lowest BCUT2D eigenvalue weighted by atomic mass is 9.97. The first kappa shape index (κ1) is 20.3. The summed E-state index contributed by atoms with van der Waals surface area (Å²) >= 11 is 0. The van der Waals surface area contributed by atoms with Crippen molar-refractivity contribution >= 4 is 28.3 Å². The zero-order chi connectivity index (χ0) is 22.9. The fourth-order valence-electron chi connectivity index (χ4n) is 3.83. The van der Waals surface area contributed by atoms with Gasteiger partial charge in [0.25, 0.3) is 5.91 Å². The second kappa shape index (κ2) is 8.16. The Bertz CT molecular complexity index is 1540. The molecule has 0 aliphatic heterocycles. The molecule has 0 atom stereocenters. The summed E-state index contributed by atoms with van der Waals surface area (Å²) in [6.07, 6.45) is 3.59. The van der Waals surface area contributed by atoms with Crippen LogP contribution in [0.25, 0.3) is 38.9 Å². The van der Waals surface area contributed by atoms with Gasteiger partial charge in [0, 0.05) is 29.0 Å². The fourth-order valence-corrected chi connectivity index (χ4v) is 3.83. The maximum atomic E-state index is 12.3. The number of carbonyl (C=O) groups is 2. The molecule has 5 aromatic rings. The van der Waals surface area contributed by atoms with Gasteiger partial charge in [0.05, 0.1) is 22.3 Å². The molecule has 1 amide bonds. The van der Waals surface area contributed by atoms with Crippen molar-refractivity contribution in [3.8, 4) is 22.5 Å². The van der Waals surface area contributed by atoms with Gasteiger partial charge in [-0.3, -0.25) is 14.8 Å². The van der Waals surface area contributed by atoms with Crippen LogP contribution in [0.15, 0.2) is 73.1 Å². The van der Waals surface area contributed by atoms with Crippen molar-refractivity contribution < 1.29 is 14.3 Å². The number of ether oxygens (including phenoxy) is 1. The maximum Gasteiger partial charge on any atom is 0.338 e. The van der Waals surface area contributed by atoms with Crippen LogP contribution in [0.2, 0.25) is 0 Å². The van der Waals surface area contributed by atoms with Crippen molar-refractivity contribution in [2.24, 2.45) is 5.73 Å². The average Bonchev–Trinajstić information content (AvgIpc) is 3.21. The number of esters is 1. The second-order valence-corrected chi connectivity index (χ2v) is 7.55.